The highest BCUT2D eigenvalue weighted by molar-refractivity contribution is 9.10. The van der Waals surface area contributed by atoms with E-state index in [-0.39, 0.29) is 28.6 Å². The van der Waals surface area contributed by atoms with Crippen LogP contribution in [0.3, 0.4) is 0 Å². The summed E-state index contributed by atoms with van der Waals surface area (Å²) in [5.74, 6) is -0.418. The molecule has 0 saturated carbocycles. The summed E-state index contributed by atoms with van der Waals surface area (Å²) in [6, 6.07) is -0.246. The Bertz CT molecular complexity index is 715. The Morgan fingerprint density at radius 3 is 2.90 bits per heavy atom. The van der Waals surface area contributed by atoms with Crippen molar-refractivity contribution < 1.29 is 17.9 Å². The second-order valence-corrected chi connectivity index (χ2v) is 7.68. The fourth-order valence-electron chi connectivity index (χ4n) is 1.99. The van der Waals surface area contributed by atoms with Gasteiger partial charge in [-0.3, -0.25) is 9.59 Å². The minimum Gasteiger partial charge on any atom is -0.468 e. The largest absolute Gasteiger partial charge is 0.468 e. The minimum atomic E-state index is -3.01. The number of sulfone groups is 1. The quantitative estimate of drug-likeness (QED) is 0.720. The SMILES string of the molecule is COC(=O)Cn1ncc(NC2CCS(=O)(=O)C2)c(Br)c1=O. The fraction of sp³-hybridized carbons (Fsp3) is 0.545. The Morgan fingerprint density at radius 2 is 2.33 bits per heavy atom. The summed E-state index contributed by atoms with van der Waals surface area (Å²) in [6.07, 6.45) is 1.86. The molecule has 1 atom stereocenters. The van der Waals surface area contributed by atoms with Crippen molar-refractivity contribution >= 4 is 37.4 Å². The smallest absolute Gasteiger partial charge is 0.327 e. The first-order chi connectivity index (χ1) is 9.82. The molecule has 1 aliphatic rings. The first kappa shape index (κ1) is 16.0. The molecule has 2 rings (SSSR count). The van der Waals surface area contributed by atoms with Gasteiger partial charge in [-0.2, -0.15) is 5.10 Å². The van der Waals surface area contributed by atoms with Gasteiger partial charge in [0, 0.05) is 6.04 Å². The molecule has 1 N–H and O–H groups in total. The summed E-state index contributed by atoms with van der Waals surface area (Å²) in [4.78, 5) is 23.2. The Kier molecular flexibility index (Phi) is 4.67. The number of methoxy groups -OCH3 is 1. The third-order valence-electron chi connectivity index (χ3n) is 3.08. The van der Waals surface area contributed by atoms with E-state index in [9.17, 15) is 18.0 Å². The number of nitrogens with one attached hydrogen (secondary N) is 1. The Labute approximate surface area is 129 Å². The summed E-state index contributed by atoms with van der Waals surface area (Å²) in [7, 11) is -1.79. The van der Waals surface area contributed by atoms with E-state index in [0.29, 0.717) is 12.1 Å². The third kappa shape index (κ3) is 3.82. The van der Waals surface area contributed by atoms with Gasteiger partial charge >= 0.3 is 5.97 Å². The number of ether oxygens (including phenoxy) is 1. The summed E-state index contributed by atoms with van der Waals surface area (Å²) in [6.45, 7) is -0.286. The normalized spacial score (nSPS) is 20.2. The fourth-order valence-corrected chi connectivity index (χ4v) is 4.09. The highest BCUT2D eigenvalue weighted by atomic mass is 79.9. The maximum Gasteiger partial charge on any atom is 0.327 e. The van der Waals surface area contributed by atoms with Crippen molar-refractivity contribution in [3.63, 3.8) is 0 Å². The lowest BCUT2D eigenvalue weighted by Crippen LogP contribution is -2.30. The maximum atomic E-state index is 12.0. The van der Waals surface area contributed by atoms with Crippen LogP contribution in [-0.4, -0.2) is 48.8 Å². The maximum absolute atomic E-state index is 12.0. The molecule has 0 aromatic carbocycles. The molecular formula is C11H14BrN3O5S. The second kappa shape index (κ2) is 6.14. The summed E-state index contributed by atoms with van der Waals surface area (Å²) >= 11 is 3.14. The van der Waals surface area contributed by atoms with Gasteiger partial charge in [0.15, 0.2) is 9.84 Å². The molecular weight excluding hydrogens is 366 g/mol. The third-order valence-corrected chi connectivity index (χ3v) is 5.62. The lowest BCUT2D eigenvalue weighted by atomic mass is 10.2. The van der Waals surface area contributed by atoms with Crippen molar-refractivity contribution in [3.8, 4) is 0 Å². The number of aromatic nitrogens is 2. The number of rotatable bonds is 4. The van der Waals surface area contributed by atoms with Crippen LogP contribution >= 0.6 is 15.9 Å². The topological polar surface area (TPSA) is 107 Å². The molecule has 0 radical (unpaired) electrons. The number of carbonyl (C=O) groups is 1. The number of anilines is 1. The minimum absolute atomic E-state index is 0.0324. The molecule has 21 heavy (non-hydrogen) atoms. The molecule has 1 unspecified atom stereocenters. The van der Waals surface area contributed by atoms with E-state index >= 15 is 0 Å². The lowest BCUT2D eigenvalue weighted by Gasteiger charge is -2.14. The average Bonchev–Trinajstić information content (AvgIpc) is 2.77. The Hall–Kier alpha value is -1.42. The number of carbonyl (C=O) groups excluding carboxylic acids is 1. The molecule has 10 heteroatoms. The molecule has 1 aromatic rings. The molecule has 2 heterocycles. The molecule has 116 valence electrons. The highest BCUT2D eigenvalue weighted by Crippen LogP contribution is 2.21. The van der Waals surface area contributed by atoms with Gasteiger partial charge in [0.1, 0.15) is 11.0 Å². The summed E-state index contributed by atoms with van der Waals surface area (Å²) < 4.78 is 28.5. The van der Waals surface area contributed by atoms with Crippen LogP contribution in [0.15, 0.2) is 15.5 Å². The number of esters is 1. The van der Waals surface area contributed by atoms with Crippen LogP contribution in [0, 0.1) is 0 Å². The second-order valence-electron chi connectivity index (χ2n) is 4.66. The van der Waals surface area contributed by atoms with Crippen LogP contribution < -0.4 is 10.9 Å². The van der Waals surface area contributed by atoms with Crippen molar-refractivity contribution in [2.75, 3.05) is 23.9 Å². The monoisotopic (exact) mass is 379 g/mol. The molecule has 0 bridgehead atoms. The van der Waals surface area contributed by atoms with Crippen molar-refractivity contribution in [1.29, 1.82) is 0 Å². The predicted octanol–water partition coefficient (Wildman–Crippen LogP) is -0.222. The van der Waals surface area contributed by atoms with E-state index in [0.717, 1.165) is 4.68 Å². The van der Waals surface area contributed by atoms with Crippen molar-refractivity contribution in [1.82, 2.24) is 9.78 Å². The van der Waals surface area contributed by atoms with E-state index in [1.165, 1.54) is 13.3 Å². The zero-order valence-corrected chi connectivity index (χ0v) is 13.6. The zero-order chi connectivity index (χ0) is 15.6. The molecule has 0 spiro atoms. The van der Waals surface area contributed by atoms with Crippen LogP contribution in [0.25, 0.3) is 0 Å². The molecule has 1 aliphatic heterocycles. The zero-order valence-electron chi connectivity index (χ0n) is 11.2. The van der Waals surface area contributed by atoms with Crippen molar-refractivity contribution in [2.45, 2.75) is 19.0 Å². The predicted molar refractivity (Wildman–Crippen MR) is 78.9 cm³/mol. The lowest BCUT2D eigenvalue weighted by molar-refractivity contribution is -0.141. The van der Waals surface area contributed by atoms with E-state index in [2.05, 4.69) is 31.1 Å². The van der Waals surface area contributed by atoms with E-state index in [1.54, 1.807) is 0 Å². The number of hydrogen-bond donors (Lipinski definition) is 1. The first-order valence-electron chi connectivity index (χ1n) is 6.12. The van der Waals surface area contributed by atoms with Gasteiger partial charge in [-0.15, -0.1) is 0 Å². The number of hydrogen-bond acceptors (Lipinski definition) is 7. The van der Waals surface area contributed by atoms with Gasteiger partial charge in [-0.05, 0) is 22.4 Å². The van der Waals surface area contributed by atoms with Gasteiger partial charge in [-0.1, -0.05) is 0 Å². The van der Waals surface area contributed by atoms with E-state index < -0.39 is 21.4 Å². The van der Waals surface area contributed by atoms with Crippen LogP contribution in [0.5, 0.6) is 0 Å². The summed E-state index contributed by atoms with van der Waals surface area (Å²) in [5.41, 5.74) is -0.0885. The van der Waals surface area contributed by atoms with Crippen molar-refractivity contribution in [3.05, 3.63) is 21.0 Å². The standard InChI is InChI=1S/C11H14BrN3O5S/c1-20-9(16)5-15-11(17)10(12)8(4-13-15)14-7-2-3-21(18,19)6-7/h4,7,14H,2-3,5-6H2,1H3. The van der Waals surface area contributed by atoms with Gasteiger partial charge in [0.2, 0.25) is 0 Å². The molecule has 0 aliphatic carbocycles. The first-order valence-corrected chi connectivity index (χ1v) is 8.73. The van der Waals surface area contributed by atoms with Crippen LogP contribution in [0.4, 0.5) is 5.69 Å². The van der Waals surface area contributed by atoms with Crippen LogP contribution in [0.1, 0.15) is 6.42 Å². The molecule has 8 nitrogen and oxygen atoms in total. The van der Waals surface area contributed by atoms with Crippen LogP contribution in [0.2, 0.25) is 0 Å². The van der Waals surface area contributed by atoms with Gasteiger partial charge in [-0.25, -0.2) is 13.1 Å². The van der Waals surface area contributed by atoms with Gasteiger partial charge in [0.25, 0.3) is 5.56 Å². The number of nitrogens with zero attached hydrogens (tertiary/aromatic N) is 2. The molecule has 0 amide bonds. The summed E-state index contributed by atoms with van der Waals surface area (Å²) in [5, 5.41) is 6.85. The average molecular weight is 380 g/mol. The van der Waals surface area contributed by atoms with Gasteiger partial charge < -0.3 is 10.1 Å². The van der Waals surface area contributed by atoms with E-state index in [1.807, 2.05) is 0 Å². The number of halogens is 1. The molecule has 1 saturated heterocycles. The van der Waals surface area contributed by atoms with Crippen molar-refractivity contribution in [2.24, 2.45) is 0 Å². The Morgan fingerprint density at radius 1 is 1.62 bits per heavy atom. The van der Waals surface area contributed by atoms with Gasteiger partial charge in [0.05, 0.1) is 30.5 Å². The van der Waals surface area contributed by atoms with Crippen LogP contribution in [-0.2, 0) is 25.9 Å². The highest BCUT2D eigenvalue weighted by Gasteiger charge is 2.28. The Balaban J connectivity index is 2.17. The molecule has 1 aromatic heterocycles. The molecule has 1 fully saturated rings. The van der Waals surface area contributed by atoms with E-state index in [4.69, 9.17) is 0 Å².